The zero-order valence-corrected chi connectivity index (χ0v) is 20.7. The average molecular weight is 447 g/mol. The third-order valence-corrected chi connectivity index (χ3v) is 5.36. The Bertz CT molecular complexity index is 803. The van der Waals surface area contributed by atoms with E-state index in [1.54, 1.807) is 11.8 Å². The molecule has 31 heavy (non-hydrogen) atoms. The number of ether oxygens (including phenoxy) is 1. The Labute approximate surface area is 191 Å². The van der Waals surface area contributed by atoms with E-state index in [0.29, 0.717) is 12.5 Å². The number of nitrogens with zero attached hydrogens (tertiary/aromatic N) is 5. The van der Waals surface area contributed by atoms with E-state index in [4.69, 9.17) is 9.73 Å². The fraction of sp³-hybridized carbons (Fsp3) is 0.609. The molecule has 0 aliphatic heterocycles. The Balaban J connectivity index is 1.94. The van der Waals surface area contributed by atoms with Gasteiger partial charge in [0.15, 0.2) is 11.1 Å². The smallest absolute Gasteiger partial charge is 0.193 e. The SMILES string of the molecule is CCNC(=NCCCc1nnc(SC)n1CC(C)C)N(C)Cc1ccc(OCC)cc1. The Morgan fingerprint density at radius 3 is 2.58 bits per heavy atom. The van der Waals surface area contributed by atoms with Crippen LogP contribution in [-0.2, 0) is 19.5 Å². The maximum atomic E-state index is 5.53. The van der Waals surface area contributed by atoms with Gasteiger partial charge >= 0.3 is 0 Å². The van der Waals surface area contributed by atoms with Crippen molar-refractivity contribution in [3.05, 3.63) is 35.7 Å². The van der Waals surface area contributed by atoms with Crippen molar-refractivity contribution in [2.24, 2.45) is 10.9 Å². The van der Waals surface area contributed by atoms with Crippen LogP contribution in [0, 0.1) is 5.92 Å². The normalized spacial score (nSPS) is 11.8. The van der Waals surface area contributed by atoms with Crippen LogP contribution >= 0.6 is 11.8 Å². The number of aliphatic imine (C=N–C) groups is 1. The lowest BCUT2D eigenvalue weighted by Gasteiger charge is -2.22. The molecule has 0 spiro atoms. The van der Waals surface area contributed by atoms with Gasteiger partial charge < -0.3 is 19.5 Å². The van der Waals surface area contributed by atoms with Crippen LogP contribution in [0.5, 0.6) is 5.75 Å². The summed E-state index contributed by atoms with van der Waals surface area (Å²) in [6.07, 6.45) is 3.88. The lowest BCUT2D eigenvalue weighted by Crippen LogP contribution is -2.38. The molecule has 1 aromatic carbocycles. The van der Waals surface area contributed by atoms with Crippen molar-refractivity contribution in [1.29, 1.82) is 0 Å². The number of aromatic nitrogens is 3. The van der Waals surface area contributed by atoms with Gasteiger partial charge in [0, 0.05) is 39.6 Å². The molecule has 2 rings (SSSR count). The summed E-state index contributed by atoms with van der Waals surface area (Å²) in [6.45, 7) is 12.6. The quantitative estimate of drug-likeness (QED) is 0.229. The summed E-state index contributed by atoms with van der Waals surface area (Å²) in [7, 11) is 2.07. The molecule has 172 valence electrons. The maximum absolute atomic E-state index is 5.53. The first-order valence-electron chi connectivity index (χ1n) is 11.2. The highest BCUT2D eigenvalue weighted by atomic mass is 32.2. The molecular weight excluding hydrogens is 408 g/mol. The number of thioether (sulfide) groups is 1. The minimum absolute atomic E-state index is 0.565. The Morgan fingerprint density at radius 2 is 1.97 bits per heavy atom. The van der Waals surface area contributed by atoms with Crippen molar-refractivity contribution in [2.75, 3.05) is 33.0 Å². The van der Waals surface area contributed by atoms with Crippen molar-refractivity contribution in [1.82, 2.24) is 25.0 Å². The molecule has 0 saturated heterocycles. The second kappa shape index (κ2) is 13.2. The van der Waals surface area contributed by atoms with Crippen molar-refractivity contribution in [3.8, 4) is 5.75 Å². The molecule has 0 aliphatic carbocycles. The van der Waals surface area contributed by atoms with Crippen LogP contribution in [0.1, 0.15) is 45.5 Å². The molecule has 2 aromatic rings. The summed E-state index contributed by atoms with van der Waals surface area (Å²) < 4.78 is 7.78. The van der Waals surface area contributed by atoms with Gasteiger partial charge in [0.1, 0.15) is 11.6 Å². The van der Waals surface area contributed by atoms with Crippen molar-refractivity contribution in [3.63, 3.8) is 0 Å². The van der Waals surface area contributed by atoms with Crippen LogP contribution in [-0.4, -0.2) is 58.6 Å². The van der Waals surface area contributed by atoms with Gasteiger partial charge in [0.2, 0.25) is 0 Å². The van der Waals surface area contributed by atoms with Crippen molar-refractivity contribution < 1.29 is 4.74 Å². The van der Waals surface area contributed by atoms with E-state index in [2.05, 4.69) is 71.2 Å². The van der Waals surface area contributed by atoms with E-state index in [1.165, 1.54) is 5.56 Å². The largest absolute Gasteiger partial charge is 0.494 e. The number of aryl methyl sites for hydroxylation is 1. The molecule has 7 nitrogen and oxygen atoms in total. The van der Waals surface area contributed by atoms with Crippen molar-refractivity contribution in [2.45, 2.75) is 58.8 Å². The fourth-order valence-electron chi connectivity index (χ4n) is 3.30. The van der Waals surface area contributed by atoms with Crippen LogP contribution in [0.4, 0.5) is 0 Å². The van der Waals surface area contributed by atoms with Gasteiger partial charge in [-0.05, 0) is 50.1 Å². The number of nitrogens with one attached hydrogen (secondary N) is 1. The monoisotopic (exact) mass is 446 g/mol. The number of guanidine groups is 1. The predicted octanol–water partition coefficient (Wildman–Crippen LogP) is 4.08. The molecule has 0 aliphatic rings. The van der Waals surface area contributed by atoms with E-state index in [9.17, 15) is 0 Å². The number of hydrogen-bond donors (Lipinski definition) is 1. The minimum atomic E-state index is 0.565. The minimum Gasteiger partial charge on any atom is -0.494 e. The summed E-state index contributed by atoms with van der Waals surface area (Å²) in [5, 5.41) is 13.1. The molecule has 0 atom stereocenters. The van der Waals surface area contributed by atoms with E-state index in [0.717, 1.165) is 61.7 Å². The highest BCUT2D eigenvalue weighted by molar-refractivity contribution is 7.98. The summed E-state index contributed by atoms with van der Waals surface area (Å²) >= 11 is 1.65. The highest BCUT2D eigenvalue weighted by Crippen LogP contribution is 2.17. The maximum Gasteiger partial charge on any atom is 0.193 e. The van der Waals surface area contributed by atoms with Gasteiger partial charge in [-0.2, -0.15) is 0 Å². The van der Waals surface area contributed by atoms with Gasteiger partial charge in [0.25, 0.3) is 0 Å². The van der Waals surface area contributed by atoms with Crippen LogP contribution < -0.4 is 10.1 Å². The molecular formula is C23H38N6OS. The lowest BCUT2D eigenvalue weighted by atomic mass is 10.2. The van der Waals surface area contributed by atoms with Gasteiger partial charge in [-0.15, -0.1) is 10.2 Å². The highest BCUT2D eigenvalue weighted by Gasteiger charge is 2.12. The zero-order valence-electron chi connectivity index (χ0n) is 19.9. The van der Waals surface area contributed by atoms with Crippen LogP contribution in [0.15, 0.2) is 34.4 Å². The zero-order chi connectivity index (χ0) is 22.6. The van der Waals surface area contributed by atoms with Crippen molar-refractivity contribution >= 4 is 17.7 Å². The average Bonchev–Trinajstić information content (AvgIpc) is 3.12. The standard InChI is InChI=1S/C23H38N6OS/c1-7-24-22(28(5)17-19-11-13-20(14-12-19)30-8-2)25-15-9-10-21-26-27-23(31-6)29(21)16-18(3)4/h11-14,18H,7-10,15-17H2,1-6H3,(H,24,25). The first-order valence-corrected chi connectivity index (χ1v) is 12.4. The first kappa shape index (κ1) is 25.0. The predicted molar refractivity (Wildman–Crippen MR) is 130 cm³/mol. The molecule has 0 unspecified atom stereocenters. The van der Waals surface area contributed by atoms with E-state index < -0.39 is 0 Å². The van der Waals surface area contributed by atoms with Crippen LogP contribution in [0.25, 0.3) is 0 Å². The second-order valence-corrected chi connectivity index (χ2v) is 8.65. The summed E-state index contributed by atoms with van der Waals surface area (Å²) in [5.41, 5.74) is 1.22. The van der Waals surface area contributed by atoms with E-state index >= 15 is 0 Å². The Kier molecular flexibility index (Phi) is 10.7. The Morgan fingerprint density at radius 1 is 1.23 bits per heavy atom. The fourth-order valence-corrected chi connectivity index (χ4v) is 3.82. The van der Waals surface area contributed by atoms with Crippen LogP contribution in [0.2, 0.25) is 0 Å². The Hall–Kier alpha value is -2.22. The van der Waals surface area contributed by atoms with Gasteiger partial charge in [-0.25, -0.2) is 0 Å². The topological polar surface area (TPSA) is 67.6 Å². The van der Waals surface area contributed by atoms with Crippen LogP contribution in [0.3, 0.4) is 0 Å². The number of rotatable bonds is 12. The third-order valence-electron chi connectivity index (χ3n) is 4.69. The number of hydrogen-bond acceptors (Lipinski definition) is 5. The third kappa shape index (κ3) is 8.09. The lowest BCUT2D eigenvalue weighted by molar-refractivity contribution is 0.340. The molecule has 0 amide bonds. The van der Waals surface area contributed by atoms with Gasteiger partial charge in [-0.1, -0.05) is 37.7 Å². The summed E-state index contributed by atoms with van der Waals surface area (Å²) in [4.78, 5) is 6.99. The summed E-state index contributed by atoms with van der Waals surface area (Å²) in [5.74, 6) is 3.45. The molecule has 1 aromatic heterocycles. The molecule has 0 radical (unpaired) electrons. The van der Waals surface area contributed by atoms with Gasteiger partial charge in [-0.3, -0.25) is 4.99 Å². The van der Waals surface area contributed by atoms with Gasteiger partial charge in [0.05, 0.1) is 6.61 Å². The molecule has 8 heteroatoms. The van der Waals surface area contributed by atoms with E-state index in [1.807, 2.05) is 19.1 Å². The molecule has 0 fully saturated rings. The molecule has 1 N–H and O–H groups in total. The first-order chi connectivity index (χ1) is 15.0. The molecule has 0 bridgehead atoms. The second-order valence-electron chi connectivity index (χ2n) is 7.88. The molecule has 0 saturated carbocycles. The number of benzene rings is 1. The van der Waals surface area contributed by atoms with E-state index in [-0.39, 0.29) is 0 Å². The summed E-state index contributed by atoms with van der Waals surface area (Å²) in [6, 6.07) is 8.26. The molecule has 1 heterocycles.